The van der Waals surface area contributed by atoms with Gasteiger partial charge in [0.05, 0.1) is 4.90 Å². The first-order valence-electron chi connectivity index (χ1n) is 9.06. The summed E-state index contributed by atoms with van der Waals surface area (Å²) in [5.74, 6) is 0. The molecule has 1 atom stereocenters. The van der Waals surface area contributed by atoms with Crippen molar-refractivity contribution in [1.29, 1.82) is 0 Å². The van der Waals surface area contributed by atoms with Gasteiger partial charge in [0.2, 0.25) is 10.0 Å². The summed E-state index contributed by atoms with van der Waals surface area (Å²) in [6.45, 7) is 9.97. The van der Waals surface area contributed by atoms with Crippen LogP contribution in [0.5, 0.6) is 0 Å². The summed E-state index contributed by atoms with van der Waals surface area (Å²) in [6.07, 6.45) is 1.97. The van der Waals surface area contributed by atoms with Crippen LogP contribution in [0.2, 0.25) is 0 Å². The maximum absolute atomic E-state index is 13.1. The number of benzene rings is 1. The monoisotopic (exact) mass is 382 g/mol. The fourth-order valence-electron chi connectivity index (χ4n) is 3.02. The highest BCUT2D eigenvalue weighted by molar-refractivity contribution is 7.89. The van der Waals surface area contributed by atoms with Crippen molar-refractivity contribution in [3.63, 3.8) is 0 Å². The third-order valence-electron chi connectivity index (χ3n) is 4.54. The van der Waals surface area contributed by atoms with E-state index in [1.54, 1.807) is 32.9 Å². The van der Waals surface area contributed by atoms with E-state index in [0.717, 1.165) is 30.4 Å². The smallest absolute Gasteiger partial charge is 0.407 e. The first-order valence-corrected chi connectivity index (χ1v) is 10.5. The fraction of sp³-hybridized carbons (Fsp3) is 0.632. The molecule has 1 amide bonds. The molecule has 0 saturated carbocycles. The SMILES string of the molecule is Cc1ccc(S(=O)(=O)N2CCCCC2CNC(=O)OC(C)(C)C)cc1C. The number of amides is 1. The van der Waals surface area contributed by atoms with Crippen molar-refractivity contribution >= 4 is 16.1 Å². The Morgan fingerprint density at radius 1 is 1.23 bits per heavy atom. The van der Waals surface area contributed by atoms with Crippen LogP contribution in [-0.2, 0) is 14.8 Å². The molecule has 0 aromatic heterocycles. The zero-order chi connectivity index (χ0) is 19.5. The number of hydrogen-bond donors (Lipinski definition) is 1. The minimum absolute atomic E-state index is 0.249. The second-order valence-corrected chi connectivity index (χ2v) is 9.78. The number of nitrogens with zero attached hydrogens (tertiary/aromatic N) is 1. The molecule has 146 valence electrons. The number of sulfonamides is 1. The molecular weight excluding hydrogens is 352 g/mol. The topological polar surface area (TPSA) is 75.7 Å². The van der Waals surface area contributed by atoms with E-state index < -0.39 is 21.7 Å². The normalized spacial score (nSPS) is 19.2. The van der Waals surface area contributed by atoms with Crippen molar-refractivity contribution in [2.24, 2.45) is 0 Å². The Labute approximate surface area is 157 Å². The fourth-order valence-corrected chi connectivity index (χ4v) is 4.80. The van der Waals surface area contributed by atoms with Gasteiger partial charge in [-0.05, 0) is 70.7 Å². The van der Waals surface area contributed by atoms with Gasteiger partial charge in [-0.3, -0.25) is 0 Å². The molecule has 0 spiro atoms. The number of carbonyl (C=O) groups is 1. The molecule has 1 aliphatic heterocycles. The Morgan fingerprint density at radius 2 is 1.92 bits per heavy atom. The molecule has 6 nitrogen and oxygen atoms in total. The summed E-state index contributed by atoms with van der Waals surface area (Å²) in [6, 6.07) is 4.95. The van der Waals surface area contributed by atoms with Crippen LogP contribution in [0, 0.1) is 13.8 Å². The predicted octanol–water partition coefficient (Wildman–Crippen LogP) is 3.37. The van der Waals surface area contributed by atoms with E-state index in [1.807, 2.05) is 19.9 Å². The highest BCUT2D eigenvalue weighted by Crippen LogP contribution is 2.26. The van der Waals surface area contributed by atoms with E-state index in [0.29, 0.717) is 11.4 Å². The number of hydrogen-bond acceptors (Lipinski definition) is 4. The van der Waals surface area contributed by atoms with E-state index in [2.05, 4.69) is 5.32 Å². The van der Waals surface area contributed by atoms with Gasteiger partial charge >= 0.3 is 6.09 Å². The molecule has 2 rings (SSSR count). The van der Waals surface area contributed by atoms with E-state index in [9.17, 15) is 13.2 Å². The van der Waals surface area contributed by atoms with Crippen LogP contribution in [0.4, 0.5) is 4.79 Å². The Kier molecular flexibility index (Phi) is 6.34. The van der Waals surface area contributed by atoms with E-state index in [4.69, 9.17) is 4.74 Å². The van der Waals surface area contributed by atoms with Gasteiger partial charge in [-0.15, -0.1) is 0 Å². The summed E-state index contributed by atoms with van der Waals surface area (Å²) in [4.78, 5) is 12.2. The summed E-state index contributed by atoms with van der Waals surface area (Å²) in [5, 5.41) is 2.72. The number of nitrogens with one attached hydrogen (secondary N) is 1. The zero-order valence-electron chi connectivity index (χ0n) is 16.3. The maximum Gasteiger partial charge on any atom is 0.407 e. The van der Waals surface area contributed by atoms with E-state index in [-0.39, 0.29) is 12.6 Å². The van der Waals surface area contributed by atoms with Crippen LogP contribution in [-0.4, -0.2) is 43.5 Å². The Balaban J connectivity index is 2.14. The number of rotatable bonds is 4. The molecule has 0 radical (unpaired) electrons. The third-order valence-corrected chi connectivity index (χ3v) is 6.49. The zero-order valence-corrected chi connectivity index (χ0v) is 17.1. The summed E-state index contributed by atoms with van der Waals surface area (Å²) in [5.41, 5.74) is 1.43. The van der Waals surface area contributed by atoms with Crippen molar-refractivity contribution in [3.8, 4) is 0 Å². The molecule has 1 fully saturated rings. The highest BCUT2D eigenvalue weighted by Gasteiger charge is 2.34. The van der Waals surface area contributed by atoms with Gasteiger partial charge in [0.25, 0.3) is 0 Å². The van der Waals surface area contributed by atoms with E-state index >= 15 is 0 Å². The lowest BCUT2D eigenvalue weighted by atomic mass is 10.1. The molecule has 7 heteroatoms. The Hall–Kier alpha value is -1.60. The van der Waals surface area contributed by atoms with Crippen LogP contribution in [0.15, 0.2) is 23.1 Å². The Morgan fingerprint density at radius 3 is 2.54 bits per heavy atom. The standard InChI is InChI=1S/C19H30N2O4S/c1-14-9-10-17(12-15(14)2)26(23,24)21-11-7-6-8-16(21)13-20-18(22)25-19(3,4)5/h9-10,12,16H,6-8,11,13H2,1-5H3,(H,20,22). The number of carbonyl (C=O) groups excluding carboxylic acids is 1. The summed E-state index contributed by atoms with van der Waals surface area (Å²) in [7, 11) is -3.59. The lowest BCUT2D eigenvalue weighted by Crippen LogP contribution is -2.49. The molecule has 0 bridgehead atoms. The predicted molar refractivity (Wildman–Crippen MR) is 102 cm³/mol. The molecule has 1 saturated heterocycles. The van der Waals surface area contributed by atoms with Crippen LogP contribution >= 0.6 is 0 Å². The molecule has 1 aliphatic rings. The van der Waals surface area contributed by atoms with Gasteiger partial charge in [0.1, 0.15) is 5.60 Å². The molecule has 1 N–H and O–H groups in total. The molecule has 0 aliphatic carbocycles. The number of piperidine rings is 1. The lowest BCUT2D eigenvalue weighted by Gasteiger charge is -2.35. The molecule has 1 unspecified atom stereocenters. The molecular formula is C19H30N2O4S. The van der Waals surface area contributed by atoms with Gasteiger partial charge in [-0.25, -0.2) is 13.2 Å². The van der Waals surface area contributed by atoms with Crippen LogP contribution in [0.3, 0.4) is 0 Å². The average Bonchev–Trinajstić information content (AvgIpc) is 2.54. The minimum atomic E-state index is -3.59. The number of aryl methyl sites for hydroxylation is 2. The van der Waals surface area contributed by atoms with Crippen LogP contribution in [0.1, 0.15) is 51.2 Å². The van der Waals surface area contributed by atoms with E-state index in [1.165, 1.54) is 4.31 Å². The van der Waals surface area contributed by atoms with Crippen molar-refractivity contribution in [2.75, 3.05) is 13.1 Å². The average molecular weight is 383 g/mol. The highest BCUT2D eigenvalue weighted by atomic mass is 32.2. The van der Waals surface area contributed by atoms with Gasteiger partial charge < -0.3 is 10.1 Å². The molecule has 1 heterocycles. The number of alkyl carbamates (subject to hydrolysis) is 1. The van der Waals surface area contributed by atoms with Crippen LogP contribution in [0.25, 0.3) is 0 Å². The Bertz CT molecular complexity index is 753. The second kappa shape index (κ2) is 7.96. The molecule has 26 heavy (non-hydrogen) atoms. The van der Waals surface area contributed by atoms with Crippen molar-refractivity contribution in [1.82, 2.24) is 9.62 Å². The summed E-state index contributed by atoms with van der Waals surface area (Å²) >= 11 is 0. The first kappa shape index (κ1) is 20.7. The van der Waals surface area contributed by atoms with Gasteiger partial charge in [-0.2, -0.15) is 4.31 Å². The van der Waals surface area contributed by atoms with Gasteiger partial charge in [-0.1, -0.05) is 12.5 Å². The van der Waals surface area contributed by atoms with Gasteiger partial charge in [0, 0.05) is 19.1 Å². The molecule has 1 aromatic carbocycles. The quantitative estimate of drug-likeness (QED) is 0.866. The van der Waals surface area contributed by atoms with Crippen molar-refractivity contribution in [3.05, 3.63) is 29.3 Å². The van der Waals surface area contributed by atoms with Crippen molar-refractivity contribution in [2.45, 2.75) is 70.4 Å². The van der Waals surface area contributed by atoms with Crippen LogP contribution < -0.4 is 5.32 Å². The minimum Gasteiger partial charge on any atom is -0.444 e. The maximum atomic E-state index is 13.1. The second-order valence-electron chi connectivity index (χ2n) is 7.89. The third kappa shape index (κ3) is 5.20. The molecule has 1 aromatic rings. The van der Waals surface area contributed by atoms with Crippen molar-refractivity contribution < 1.29 is 17.9 Å². The lowest BCUT2D eigenvalue weighted by molar-refractivity contribution is 0.0512. The largest absolute Gasteiger partial charge is 0.444 e. The summed E-state index contributed by atoms with van der Waals surface area (Å²) < 4.78 is 33.0. The van der Waals surface area contributed by atoms with Gasteiger partial charge in [0.15, 0.2) is 0 Å². The first-order chi connectivity index (χ1) is 12.0. The number of ether oxygens (including phenoxy) is 1.